The van der Waals surface area contributed by atoms with Crippen LogP contribution < -0.4 is 5.32 Å². The second-order valence-corrected chi connectivity index (χ2v) is 6.75. The molecule has 0 bridgehead atoms. The fraction of sp³-hybridized carbons (Fsp3) is 0.611. The standard InChI is InChI=1S/C18H29NO3/c1-6-14(15-10-8-7-9-11-15)12-16(20)13(2)19-17(21)22-18(3,4)5/h7-11,13-14,16,20H,6,12H2,1-5H3,(H,19,21). The molecule has 0 heterocycles. The van der Waals surface area contributed by atoms with Crippen LogP contribution in [0.4, 0.5) is 4.79 Å². The largest absolute Gasteiger partial charge is 0.444 e. The van der Waals surface area contributed by atoms with Crippen LogP contribution in [0.2, 0.25) is 0 Å². The van der Waals surface area contributed by atoms with Gasteiger partial charge in [0.25, 0.3) is 0 Å². The van der Waals surface area contributed by atoms with E-state index >= 15 is 0 Å². The first-order valence-electron chi connectivity index (χ1n) is 7.95. The molecule has 1 rings (SSSR count). The van der Waals surface area contributed by atoms with Crippen molar-refractivity contribution in [1.29, 1.82) is 0 Å². The molecule has 0 saturated carbocycles. The van der Waals surface area contributed by atoms with Crippen LogP contribution in [0.1, 0.15) is 58.9 Å². The molecular weight excluding hydrogens is 278 g/mol. The molecule has 0 radical (unpaired) electrons. The highest BCUT2D eigenvalue weighted by molar-refractivity contribution is 5.68. The lowest BCUT2D eigenvalue weighted by atomic mass is 9.89. The molecule has 3 unspecified atom stereocenters. The van der Waals surface area contributed by atoms with E-state index < -0.39 is 17.8 Å². The van der Waals surface area contributed by atoms with Crippen molar-refractivity contribution in [3.05, 3.63) is 35.9 Å². The zero-order chi connectivity index (χ0) is 16.8. The van der Waals surface area contributed by atoms with Crippen molar-refractivity contribution in [2.75, 3.05) is 0 Å². The van der Waals surface area contributed by atoms with Crippen LogP contribution in [-0.4, -0.2) is 28.9 Å². The average molecular weight is 307 g/mol. The Balaban J connectivity index is 2.55. The van der Waals surface area contributed by atoms with Crippen molar-refractivity contribution in [3.8, 4) is 0 Å². The summed E-state index contributed by atoms with van der Waals surface area (Å²) in [5.74, 6) is 0.277. The molecule has 3 atom stereocenters. The van der Waals surface area contributed by atoms with Gasteiger partial charge in [0.15, 0.2) is 0 Å². The number of nitrogens with one attached hydrogen (secondary N) is 1. The number of aliphatic hydroxyl groups is 1. The SMILES string of the molecule is CCC(CC(O)C(C)NC(=O)OC(C)(C)C)c1ccccc1. The van der Waals surface area contributed by atoms with Crippen LogP contribution >= 0.6 is 0 Å². The van der Waals surface area contributed by atoms with Crippen molar-refractivity contribution in [2.24, 2.45) is 0 Å². The summed E-state index contributed by atoms with van der Waals surface area (Å²) < 4.78 is 5.21. The summed E-state index contributed by atoms with van der Waals surface area (Å²) in [6.45, 7) is 9.35. The molecular formula is C18H29NO3. The molecule has 0 aliphatic rings. The first-order valence-corrected chi connectivity index (χ1v) is 7.95. The van der Waals surface area contributed by atoms with Gasteiger partial charge in [0, 0.05) is 0 Å². The monoisotopic (exact) mass is 307 g/mol. The van der Waals surface area contributed by atoms with Gasteiger partial charge in [-0.3, -0.25) is 0 Å². The number of hydrogen-bond acceptors (Lipinski definition) is 3. The van der Waals surface area contributed by atoms with E-state index in [0.717, 1.165) is 6.42 Å². The smallest absolute Gasteiger partial charge is 0.407 e. The topological polar surface area (TPSA) is 58.6 Å². The fourth-order valence-electron chi connectivity index (χ4n) is 2.35. The van der Waals surface area contributed by atoms with E-state index in [1.165, 1.54) is 5.56 Å². The second kappa shape index (κ2) is 8.18. The maximum Gasteiger partial charge on any atom is 0.407 e. The molecule has 4 heteroatoms. The molecule has 1 amide bonds. The van der Waals surface area contributed by atoms with E-state index in [9.17, 15) is 9.90 Å². The lowest BCUT2D eigenvalue weighted by Crippen LogP contribution is -2.44. The first kappa shape index (κ1) is 18.5. The van der Waals surface area contributed by atoms with E-state index in [-0.39, 0.29) is 12.0 Å². The number of carbonyl (C=O) groups excluding carboxylic acids is 1. The van der Waals surface area contributed by atoms with Crippen LogP contribution in [-0.2, 0) is 4.74 Å². The average Bonchev–Trinajstić information content (AvgIpc) is 2.43. The Morgan fingerprint density at radius 3 is 2.36 bits per heavy atom. The minimum absolute atomic E-state index is 0.277. The van der Waals surface area contributed by atoms with Crippen molar-refractivity contribution in [2.45, 2.75) is 71.1 Å². The minimum Gasteiger partial charge on any atom is -0.444 e. The molecule has 2 N–H and O–H groups in total. The number of hydrogen-bond donors (Lipinski definition) is 2. The van der Waals surface area contributed by atoms with Gasteiger partial charge in [0.1, 0.15) is 5.60 Å². The van der Waals surface area contributed by atoms with Crippen LogP contribution in [0.25, 0.3) is 0 Å². The summed E-state index contributed by atoms with van der Waals surface area (Å²) in [6.07, 6.45) is 0.446. The highest BCUT2D eigenvalue weighted by Gasteiger charge is 2.23. The third-order valence-corrected chi connectivity index (χ3v) is 3.61. The second-order valence-electron chi connectivity index (χ2n) is 6.75. The molecule has 1 aromatic rings. The summed E-state index contributed by atoms with van der Waals surface area (Å²) in [7, 11) is 0. The zero-order valence-corrected chi connectivity index (χ0v) is 14.3. The third kappa shape index (κ3) is 6.48. The van der Waals surface area contributed by atoms with Gasteiger partial charge < -0.3 is 15.2 Å². The molecule has 0 aliphatic heterocycles. The highest BCUT2D eigenvalue weighted by atomic mass is 16.6. The van der Waals surface area contributed by atoms with Gasteiger partial charge in [-0.05, 0) is 52.0 Å². The zero-order valence-electron chi connectivity index (χ0n) is 14.3. The Morgan fingerprint density at radius 1 is 1.27 bits per heavy atom. The van der Waals surface area contributed by atoms with Gasteiger partial charge in [-0.1, -0.05) is 37.3 Å². The Kier molecular flexibility index (Phi) is 6.88. The van der Waals surface area contributed by atoms with Crippen molar-refractivity contribution in [3.63, 3.8) is 0 Å². The predicted molar refractivity (Wildman–Crippen MR) is 88.9 cm³/mol. The Hall–Kier alpha value is -1.55. The van der Waals surface area contributed by atoms with Gasteiger partial charge in [-0.15, -0.1) is 0 Å². The number of benzene rings is 1. The third-order valence-electron chi connectivity index (χ3n) is 3.61. The van der Waals surface area contributed by atoms with Gasteiger partial charge in [-0.25, -0.2) is 4.79 Å². The Morgan fingerprint density at radius 2 is 1.86 bits per heavy atom. The van der Waals surface area contributed by atoms with Crippen molar-refractivity contribution in [1.82, 2.24) is 5.32 Å². The Labute approximate surface area is 133 Å². The quantitative estimate of drug-likeness (QED) is 0.839. The maximum atomic E-state index is 11.8. The van der Waals surface area contributed by atoms with E-state index in [4.69, 9.17) is 4.74 Å². The van der Waals surface area contributed by atoms with Crippen LogP contribution in [0.5, 0.6) is 0 Å². The molecule has 0 spiro atoms. The van der Waals surface area contributed by atoms with Gasteiger partial charge in [-0.2, -0.15) is 0 Å². The molecule has 0 aliphatic carbocycles. The summed E-state index contributed by atoms with van der Waals surface area (Å²) in [6, 6.07) is 9.80. The highest BCUT2D eigenvalue weighted by Crippen LogP contribution is 2.25. The minimum atomic E-state index is -0.613. The number of ether oxygens (including phenoxy) is 1. The maximum absolute atomic E-state index is 11.8. The number of carbonyl (C=O) groups is 1. The van der Waals surface area contributed by atoms with Crippen LogP contribution in [0.3, 0.4) is 0 Å². The van der Waals surface area contributed by atoms with Crippen molar-refractivity contribution < 1.29 is 14.6 Å². The molecule has 0 saturated heterocycles. The normalized spacial score (nSPS) is 15.7. The predicted octanol–water partition coefficient (Wildman–Crippen LogP) is 3.84. The lowest BCUT2D eigenvalue weighted by Gasteiger charge is -2.26. The van der Waals surface area contributed by atoms with E-state index in [1.54, 1.807) is 6.92 Å². The fourth-order valence-corrected chi connectivity index (χ4v) is 2.35. The Bertz CT molecular complexity index is 453. The summed E-state index contributed by atoms with van der Waals surface area (Å²) in [5, 5.41) is 13.1. The first-order chi connectivity index (χ1) is 10.2. The number of rotatable bonds is 6. The van der Waals surface area contributed by atoms with Crippen LogP contribution in [0.15, 0.2) is 30.3 Å². The van der Waals surface area contributed by atoms with Gasteiger partial charge >= 0.3 is 6.09 Å². The lowest BCUT2D eigenvalue weighted by molar-refractivity contribution is 0.0421. The summed E-state index contributed by atoms with van der Waals surface area (Å²) in [4.78, 5) is 11.8. The molecule has 0 fully saturated rings. The summed E-state index contributed by atoms with van der Waals surface area (Å²) >= 11 is 0. The van der Waals surface area contributed by atoms with E-state index in [2.05, 4.69) is 24.4 Å². The number of aliphatic hydroxyl groups excluding tert-OH is 1. The molecule has 1 aromatic carbocycles. The van der Waals surface area contributed by atoms with E-state index in [0.29, 0.717) is 6.42 Å². The molecule has 4 nitrogen and oxygen atoms in total. The van der Waals surface area contributed by atoms with Crippen molar-refractivity contribution >= 4 is 6.09 Å². The molecule has 0 aromatic heterocycles. The number of amides is 1. The molecule has 22 heavy (non-hydrogen) atoms. The number of alkyl carbamates (subject to hydrolysis) is 1. The van der Waals surface area contributed by atoms with Gasteiger partial charge in [0.2, 0.25) is 0 Å². The van der Waals surface area contributed by atoms with Crippen LogP contribution in [0, 0.1) is 0 Å². The van der Waals surface area contributed by atoms with Gasteiger partial charge in [0.05, 0.1) is 12.1 Å². The van der Waals surface area contributed by atoms with E-state index in [1.807, 2.05) is 39.0 Å². The summed E-state index contributed by atoms with van der Waals surface area (Å²) in [5.41, 5.74) is 0.679. The molecule has 124 valence electrons.